The molecule has 90 valence electrons. The molecule has 0 saturated carbocycles. The molecule has 0 bridgehead atoms. The third-order valence-corrected chi connectivity index (χ3v) is 2.35. The van der Waals surface area contributed by atoms with Crippen molar-refractivity contribution in [2.24, 2.45) is 5.92 Å². The second-order valence-electron chi connectivity index (χ2n) is 4.27. The molecule has 0 radical (unpaired) electrons. The van der Waals surface area contributed by atoms with Crippen LogP contribution in [0.3, 0.4) is 0 Å². The first kappa shape index (κ1) is 16.7. The average molecular weight is 211 g/mol. The van der Waals surface area contributed by atoms with Crippen LogP contribution in [-0.2, 0) is 0 Å². The van der Waals surface area contributed by atoms with E-state index in [1.807, 2.05) is 0 Å². The fourth-order valence-corrected chi connectivity index (χ4v) is 1.40. The maximum absolute atomic E-state index is 4.10. The third kappa shape index (κ3) is 11.2. The fourth-order valence-electron chi connectivity index (χ4n) is 1.40. The van der Waals surface area contributed by atoms with Gasteiger partial charge in [0.05, 0.1) is 0 Å². The summed E-state index contributed by atoms with van der Waals surface area (Å²) in [6.07, 6.45) is 4.97. The molecule has 1 nitrogen and oxygen atoms in total. The summed E-state index contributed by atoms with van der Waals surface area (Å²) < 4.78 is 0. The predicted molar refractivity (Wildman–Crippen MR) is 72.0 cm³/mol. The highest BCUT2D eigenvalue weighted by Crippen LogP contribution is 2.12. The molecule has 0 rings (SSSR count). The Bertz CT molecular complexity index is 149. The van der Waals surface area contributed by atoms with Crippen molar-refractivity contribution < 1.29 is 0 Å². The van der Waals surface area contributed by atoms with Gasteiger partial charge in [-0.25, -0.2) is 0 Å². The molecular formula is C14H29N. The minimum Gasteiger partial charge on any atom is -0.378 e. The molecule has 0 heterocycles. The van der Waals surface area contributed by atoms with Crippen LogP contribution in [0.15, 0.2) is 25.4 Å². The van der Waals surface area contributed by atoms with Gasteiger partial charge in [-0.3, -0.25) is 0 Å². The second kappa shape index (κ2) is 11.4. The van der Waals surface area contributed by atoms with E-state index in [2.05, 4.69) is 52.5 Å². The summed E-state index contributed by atoms with van der Waals surface area (Å²) in [4.78, 5) is 2.28. The SMILES string of the molecule is C=C.C=C(CCCC(C)C)N(C)CCC. The molecule has 0 aliphatic heterocycles. The molecule has 0 aromatic heterocycles. The van der Waals surface area contributed by atoms with E-state index in [0.29, 0.717) is 0 Å². The molecule has 15 heavy (non-hydrogen) atoms. The summed E-state index contributed by atoms with van der Waals surface area (Å²) >= 11 is 0. The third-order valence-electron chi connectivity index (χ3n) is 2.35. The zero-order valence-electron chi connectivity index (χ0n) is 11.2. The van der Waals surface area contributed by atoms with Crippen molar-refractivity contribution in [1.82, 2.24) is 4.90 Å². The maximum atomic E-state index is 4.10. The Kier molecular flexibility index (Phi) is 12.6. The highest BCUT2D eigenvalue weighted by atomic mass is 15.1. The summed E-state index contributed by atoms with van der Waals surface area (Å²) in [5.74, 6) is 0.823. The van der Waals surface area contributed by atoms with Crippen molar-refractivity contribution in [1.29, 1.82) is 0 Å². The van der Waals surface area contributed by atoms with Crippen LogP contribution in [0.2, 0.25) is 0 Å². The summed E-state index contributed by atoms with van der Waals surface area (Å²) in [7, 11) is 2.14. The summed E-state index contributed by atoms with van der Waals surface area (Å²) in [6.45, 7) is 18.0. The number of allylic oxidation sites excluding steroid dienone is 1. The second-order valence-corrected chi connectivity index (χ2v) is 4.27. The Morgan fingerprint density at radius 3 is 2.20 bits per heavy atom. The van der Waals surface area contributed by atoms with Crippen LogP contribution in [0.5, 0.6) is 0 Å². The first-order valence-corrected chi connectivity index (χ1v) is 5.96. The van der Waals surface area contributed by atoms with Crippen molar-refractivity contribution in [2.75, 3.05) is 13.6 Å². The number of nitrogens with zero attached hydrogens (tertiary/aromatic N) is 1. The molecule has 0 unspecified atom stereocenters. The molecule has 0 aromatic rings. The number of hydrogen-bond donors (Lipinski definition) is 0. The van der Waals surface area contributed by atoms with E-state index in [1.165, 1.54) is 25.0 Å². The molecule has 0 saturated heterocycles. The average Bonchev–Trinajstić information content (AvgIpc) is 2.20. The maximum Gasteiger partial charge on any atom is 0.0168 e. The quantitative estimate of drug-likeness (QED) is 0.562. The molecule has 1 heteroatoms. The Hall–Kier alpha value is -0.720. The van der Waals surface area contributed by atoms with Crippen LogP contribution >= 0.6 is 0 Å². The first-order valence-electron chi connectivity index (χ1n) is 5.96. The van der Waals surface area contributed by atoms with E-state index in [4.69, 9.17) is 0 Å². The van der Waals surface area contributed by atoms with Gasteiger partial charge in [0, 0.05) is 19.3 Å². The van der Waals surface area contributed by atoms with Crippen LogP contribution in [0.4, 0.5) is 0 Å². The lowest BCUT2D eigenvalue weighted by Gasteiger charge is -2.21. The standard InChI is InChI=1S/C12H25N.C2H4/c1-6-10-13(5)12(4)9-7-8-11(2)3;1-2/h11H,4,6-10H2,1-3,5H3;1-2H2. The Morgan fingerprint density at radius 2 is 1.80 bits per heavy atom. The Balaban J connectivity index is 0. The Labute approximate surface area is 96.9 Å². The van der Waals surface area contributed by atoms with Crippen LogP contribution < -0.4 is 0 Å². The molecule has 0 fully saturated rings. The van der Waals surface area contributed by atoms with E-state index in [-0.39, 0.29) is 0 Å². The highest BCUT2D eigenvalue weighted by molar-refractivity contribution is 4.91. The molecule has 0 amide bonds. The lowest BCUT2D eigenvalue weighted by molar-refractivity contribution is 0.393. The van der Waals surface area contributed by atoms with Crippen LogP contribution in [0.25, 0.3) is 0 Å². The Morgan fingerprint density at radius 1 is 1.27 bits per heavy atom. The normalized spacial score (nSPS) is 9.40. The summed E-state index contributed by atoms with van der Waals surface area (Å²) in [5, 5.41) is 0. The molecule has 0 aliphatic carbocycles. The van der Waals surface area contributed by atoms with E-state index >= 15 is 0 Å². The van der Waals surface area contributed by atoms with Gasteiger partial charge in [0.2, 0.25) is 0 Å². The van der Waals surface area contributed by atoms with E-state index in [0.717, 1.165) is 18.9 Å². The predicted octanol–water partition coefficient (Wildman–Crippen LogP) is 4.47. The van der Waals surface area contributed by atoms with E-state index in [9.17, 15) is 0 Å². The molecule has 0 aromatic carbocycles. The minimum absolute atomic E-state index is 0.823. The molecule has 0 spiro atoms. The molecule has 0 aliphatic rings. The van der Waals surface area contributed by atoms with Crippen molar-refractivity contribution >= 4 is 0 Å². The van der Waals surface area contributed by atoms with Gasteiger partial charge >= 0.3 is 0 Å². The van der Waals surface area contributed by atoms with Gasteiger partial charge in [-0.05, 0) is 25.2 Å². The van der Waals surface area contributed by atoms with Gasteiger partial charge in [0.15, 0.2) is 0 Å². The van der Waals surface area contributed by atoms with Crippen LogP contribution in [-0.4, -0.2) is 18.5 Å². The molecule has 0 atom stereocenters. The van der Waals surface area contributed by atoms with Crippen molar-refractivity contribution in [2.45, 2.75) is 46.5 Å². The zero-order valence-corrected chi connectivity index (χ0v) is 11.2. The topological polar surface area (TPSA) is 3.24 Å². The van der Waals surface area contributed by atoms with E-state index < -0.39 is 0 Å². The van der Waals surface area contributed by atoms with Gasteiger partial charge in [-0.15, -0.1) is 13.2 Å². The zero-order chi connectivity index (χ0) is 12.3. The van der Waals surface area contributed by atoms with Crippen LogP contribution in [0, 0.1) is 5.92 Å². The summed E-state index contributed by atoms with van der Waals surface area (Å²) in [5.41, 5.74) is 1.29. The smallest absolute Gasteiger partial charge is 0.0168 e. The van der Waals surface area contributed by atoms with Gasteiger partial charge < -0.3 is 4.90 Å². The highest BCUT2D eigenvalue weighted by Gasteiger charge is 2.01. The van der Waals surface area contributed by atoms with Crippen molar-refractivity contribution in [3.05, 3.63) is 25.4 Å². The van der Waals surface area contributed by atoms with Gasteiger partial charge in [0.1, 0.15) is 0 Å². The largest absolute Gasteiger partial charge is 0.378 e. The monoisotopic (exact) mass is 211 g/mol. The minimum atomic E-state index is 0.823. The van der Waals surface area contributed by atoms with Gasteiger partial charge in [-0.1, -0.05) is 33.8 Å². The summed E-state index contributed by atoms with van der Waals surface area (Å²) in [6, 6.07) is 0. The van der Waals surface area contributed by atoms with Gasteiger partial charge in [-0.2, -0.15) is 0 Å². The lowest BCUT2D eigenvalue weighted by Crippen LogP contribution is -2.17. The lowest BCUT2D eigenvalue weighted by atomic mass is 10.1. The number of hydrogen-bond acceptors (Lipinski definition) is 1. The van der Waals surface area contributed by atoms with Crippen molar-refractivity contribution in [3.63, 3.8) is 0 Å². The fraction of sp³-hybridized carbons (Fsp3) is 0.714. The van der Waals surface area contributed by atoms with Crippen molar-refractivity contribution in [3.8, 4) is 0 Å². The van der Waals surface area contributed by atoms with Crippen LogP contribution in [0.1, 0.15) is 46.5 Å². The number of rotatable bonds is 7. The molecule has 0 N–H and O–H groups in total. The van der Waals surface area contributed by atoms with E-state index in [1.54, 1.807) is 0 Å². The first-order chi connectivity index (χ1) is 7.07. The molecular weight excluding hydrogens is 182 g/mol. The van der Waals surface area contributed by atoms with Gasteiger partial charge in [0.25, 0.3) is 0 Å².